The van der Waals surface area contributed by atoms with E-state index in [2.05, 4.69) is 43.4 Å². The zero-order chi connectivity index (χ0) is 16.5. The van der Waals surface area contributed by atoms with Crippen molar-refractivity contribution in [1.82, 2.24) is 5.32 Å². The number of carboxylic acid groups (broad SMARTS) is 1. The Morgan fingerprint density at radius 1 is 1.29 bits per heavy atom. The largest absolute Gasteiger partial charge is 1.00 e. The predicted octanol–water partition coefficient (Wildman–Crippen LogP) is -1.36. The van der Waals surface area contributed by atoms with Gasteiger partial charge in [-0.2, -0.15) is 0 Å². The molecular weight excluding hydrogens is 313 g/mol. The zero-order valence-electron chi connectivity index (χ0n) is 15.0. The molecular formula is C19H26NNaO3. The van der Waals surface area contributed by atoms with E-state index < -0.39 is 5.97 Å². The van der Waals surface area contributed by atoms with Crippen LogP contribution in [0, 0.1) is 5.92 Å². The SMILES string of the molecule is CC(C)(CNC1CCOC2(C1)CC(C(=O)[O-])C2)c1ccccc1.[Na+]. The van der Waals surface area contributed by atoms with E-state index in [1.54, 1.807) is 0 Å². The number of aliphatic carboxylic acids is 1. The summed E-state index contributed by atoms with van der Waals surface area (Å²) >= 11 is 0. The number of carbonyl (C=O) groups is 1. The van der Waals surface area contributed by atoms with Gasteiger partial charge < -0.3 is 20.0 Å². The Hall–Kier alpha value is -0.390. The van der Waals surface area contributed by atoms with Crippen LogP contribution < -0.4 is 40.0 Å². The standard InChI is InChI=1S/C19H27NO3.Na/c1-18(2,15-6-4-3-5-7-15)13-20-16-8-9-23-19(12-16)10-14(11-19)17(21)22;/h3-7,14,16,20H,8-13H2,1-2H3,(H,21,22);/q;+1/p-1. The molecule has 1 aromatic carbocycles. The molecule has 0 amide bonds. The Bertz CT molecular complexity index is 555. The summed E-state index contributed by atoms with van der Waals surface area (Å²) in [5.41, 5.74) is 1.17. The van der Waals surface area contributed by atoms with Crippen LogP contribution in [0.2, 0.25) is 0 Å². The fraction of sp³-hybridized carbons (Fsp3) is 0.632. The van der Waals surface area contributed by atoms with Gasteiger partial charge in [0, 0.05) is 36.5 Å². The van der Waals surface area contributed by atoms with Crippen LogP contribution in [-0.2, 0) is 14.9 Å². The molecule has 4 nitrogen and oxygen atoms in total. The van der Waals surface area contributed by atoms with Crippen molar-refractivity contribution in [3.05, 3.63) is 35.9 Å². The molecule has 1 atom stereocenters. The van der Waals surface area contributed by atoms with E-state index in [4.69, 9.17) is 4.74 Å². The van der Waals surface area contributed by atoms with E-state index in [1.807, 2.05) is 6.07 Å². The number of carbonyl (C=O) groups excluding carboxylic acids is 1. The minimum Gasteiger partial charge on any atom is -0.550 e. The third-order valence-electron chi connectivity index (χ3n) is 5.45. The van der Waals surface area contributed by atoms with Crippen molar-refractivity contribution < 1.29 is 44.2 Å². The van der Waals surface area contributed by atoms with Crippen molar-refractivity contribution >= 4 is 5.97 Å². The second-order valence-corrected chi connectivity index (χ2v) is 7.78. The van der Waals surface area contributed by atoms with Crippen LogP contribution in [0.5, 0.6) is 0 Å². The van der Waals surface area contributed by atoms with Gasteiger partial charge >= 0.3 is 29.6 Å². The number of hydrogen-bond acceptors (Lipinski definition) is 4. The Labute approximate surface area is 166 Å². The summed E-state index contributed by atoms with van der Waals surface area (Å²) in [4.78, 5) is 10.9. The number of rotatable bonds is 5. The molecule has 0 aromatic heterocycles. The van der Waals surface area contributed by atoms with Crippen molar-refractivity contribution in [2.24, 2.45) is 5.92 Å². The molecule has 5 heteroatoms. The van der Waals surface area contributed by atoms with Crippen LogP contribution in [0.25, 0.3) is 0 Å². The molecule has 2 fully saturated rings. The summed E-state index contributed by atoms with van der Waals surface area (Å²) in [6.45, 7) is 6.12. The fourth-order valence-corrected chi connectivity index (χ4v) is 3.88. The molecule has 1 aliphatic carbocycles. The maximum absolute atomic E-state index is 10.9. The van der Waals surface area contributed by atoms with Gasteiger partial charge in [-0.3, -0.25) is 0 Å². The monoisotopic (exact) mass is 339 g/mol. The molecule has 1 saturated heterocycles. The van der Waals surface area contributed by atoms with Gasteiger partial charge in [0.2, 0.25) is 0 Å². The molecule has 0 bridgehead atoms. The first-order chi connectivity index (χ1) is 10.9. The van der Waals surface area contributed by atoms with Gasteiger partial charge in [-0.1, -0.05) is 44.2 Å². The summed E-state index contributed by atoms with van der Waals surface area (Å²) in [5, 5.41) is 14.6. The molecule has 1 N–H and O–H groups in total. The number of benzene rings is 1. The van der Waals surface area contributed by atoms with Crippen molar-refractivity contribution in [3.63, 3.8) is 0 Å². The van der Waals surface area contributed by atoms with Crippen molar-refractivity contribution in [2.75, 3.05) is 13.2 Å². The Morgan fingerprint density at radius 2 is 1.96 bits per heavy atom. The number of hydrogen-bond donors (Lipinski definition) is 1. The molecule has 1 aromatic rings. The van der Waals surface area contributed by atoms with Crippen LogP contribution in [-0.4, -0.2) is 30.8 Å². The molecule has 1 aliphatic heterocycles. The molecule has 126 valence electrons. The first-order valence-corrected chi connectivity index (χ1v) is 8.54. The summed E-state index contributed by atoms with van der Waals surface area (Å²) < 4.78 is 5.90. The van der Waals surface area contributed by atoms with Crippen molar-refractivity contribution in [2.45, 2.75) is 56.6 Å². The average Bonchev–Trinajstić information content (AvgIpc) is 2.51. The van der Waals surface area contributed by atoms with Gasteiger partial charge in [-0.15, -0.1) is 0 Å². The Morgan fingerprint density at radius 3 is 2.58 bits per heavy atom. The molecule has 3 rings (SSSR count). The molecule has 2 aliphatic rings. The maximum atomic E-state index is 10.9. The van der Waals surface area contributed by atoms with E-state index in [1.165, 1.54) is 5.56 Å². The quantitative estimate of drug-likeness (QED) is 0.673. The first kappa shape index (κ1) is 19.9. The molecule has 24 heavy (non-hydrogen) atoms. The van der Waals surface area contributed by atoms with Crippen LogP contribution in [0.15, 0.2) is 30.3 Å². The topological polar surface area (TPSA) is 61.4 Å². The minimum absolute atomic E-state index is 0. The minimum atomic E-state index is -0.931. The number of ether oxygens (including phenoxy) is 1. The van der Waals surface area contributed by atoms with E-state index >= 15 is 0 Å². The molecule has 0 radical (unpaired) electrons. The average molecular weight is 339 g/mol. The molecule has 1 heterocycles. The van der Waals surface area contributed by atoms with Gasteiger partial charge in [0.1, 0.15) is 0 Å². The van der Waals surface area contributed by atoms with Gasteiger partial charge in [-0.05, 0) is 31.2 Å². The maximum Gasteiger partial charge on any atom is 1.00 e. The van der Waals surface area contributed by atoms with Crippen LogP contribution in [0.1, 0.15) is 45.1 Å². The summed E-state index contributed by atoms with van der Waals surface area (Å²) in [6, 6.07) is 10.9. The van der Waals surface area contributed by atoms with Crippen molar-refractivity contribution in [3.8, 4) is 0 Å². The smallest absolute Gasteiger partial charge is 0.550 e. The molecule has 1 unspecified atom stereocenters. The third-order valence-corrected chi connectivity index (χ3v) is 5.45. The second-order valence-electron chi connectivity index (χ2n) is 7.78. The van der Waals surface area contributed by atoms with Gasteiger partial charge in [0.05, 0.1) is 5.60 Å². The second kappa shape index (κ2) is 7.88. The van der Waals surface area contributed by atoms with Gasteiger partial charge in [-0.25, -0.2) is 0 Å². The van der Waals surface area contributed by atoms with Crippen LogP contribution in [0.4, 0.5) is 0 Å². The summed E-state index contributed by atoms with van der Waals surface area (Å²) in [6.07, 6.45) is 3.11. The van der Waals surface area contributed by atoms with Gasteiger partial charge in [0.15, 0.2) is 0 Å². The van der Waals surface area contributed by atoms with E-state index in [9.17, 15) is 9.90 Å². The van der Waals surface area contributed by atoms with Crippen LogP contribution in [0.3, 0.4) is 0 Å². The molecule has 1 spiro atoms. The van der Waals surface area contributed by atoms with Crippen molar-refractivity contribution in [1.29, 1.82) is 0 Å². The van der Waals surface area contributed by atoms with E-state index in [0.717, 1.165) is 19.4 Å². The number of carboxylic acids is 1. The third kappa shape index (κ3) is 4.41. The Kier molecular flexibility index (Phi) is 6.54. The first-order valence-electron chi connectivity index (χ1n) is 8.54. The zero-order valence-corrected chi connectivity index (χ0v) is 17.0. The van der Waals surface area contributed by atoms with E-state index in [0.29, 0.717) is 25.5 Å². The number of nitrogens with one attached hydrogen (secondary N) is 1. The summed E-state index contributed by atoms with van der Waals surface area (Å²) in [5.74, 6) is -1.26. The van der Waals surface area contributed by atoms with Gasteiger partial charge in [0.25, 0.3) is 0 Å². The van der Waals surface area contributed by atoms with E-state index in [-0.39, 0.29) is 46.5 Å². The van der Waals surface area contributed by atoms with Crippen LogP contribution >= 0.6 is 0 Å². The normalized spacial score (nSPS) is 29.6. The Balaban J connectivity index is 0.00000208. The molecule has 1 saturated carbocycles. The summed E-state index contributed by atoms with van der Waals surface area (Å²) in [7, 11) is 0. The predicted molar refractivity (Wildman–Crippen MR) is 86.9 cm³/mol. The fourth-order valence-electron chi connectivity index (χ4n) is 3.88.